The number of anilines is 1. The number of benzene rings is 1. The summed E-state index contributed by atoms with van der Waals surface area (Å²) < 4.78 is 32.4. The molecule has 0 unspecified atom stereocenters. The van der Waals surface area contributed by atoms with Gasteiger partial charge in [0.05, 0.1) is 19.4 Å². The maximum Gasteiger partial charge on any atom is 0.291 e. The Balaban J connectivity index is 1.57. The molecular formula is C25H32N6O4S. The number of nitriles is 1. The Morgan fingerprint density at radius 1 is 1.28 bits per heavy atom. The number of sulfonamides is 1. The number of morpholine rings is 1. The lowest BCUT2D eigenvalue weighted by atomic mass is 9.87. The molecule has 3 N–H and O–H groups in total. The zero-order valence-corrected chi connectivity index (χ0v) is 21.5. The lowest BCUT2D eigenvalue weighted by Crippen LogP contribution is -2.47. The number of aromatic amines is 1. The van der Waals surface area contributed by atoms with Gasteiger partial charge in [0.2, 0.25) is 10.0 Å². The third-order valence-electron chi connectivity index (χ3n) is 6.60. The smallest absolute Gasteiger partial charge is 0.291 e. The van der Waals surface area contributed by atoms with Crippen molar-refractivity contribution >= 4 is 27.2 Å². The first-order valence-electron chi connectivity index (χ1n) is 12.1. The molecule has 0 bridgehead atoms. The van der Waals surface area contributed by atoms with Gasteiger partial charge in [-0.2, -0.15) is 9.57 Å². The van der Waals surface area contributed by atoms with Crippen LogP contribution in [0.4, 0.5) is 5.69 Å². The monoisotopic (exact) mass is 512 g/mol. The molecule has 1 amide bonds. The molecule has 0 radical (unpaired) electrons. The lowest BCUT2D eigenvalue weighted by Gasteiger charge is -2.31. The maximum absolute atomic E-state index is 12.8. The summed E-state index contributed by atoms with van der Waals surface area (Å²) in [4.78, 5) is 19.5. The highest BCUT2D eigenvalue weighted by Gasteiger charge is 2.29. The van der Waals surface area contributed by atoms with Crippen LogP contribution in [0.25, 0.3) is 5.57 Å². The van der Waals surface area contributed by atoms with E-state index in [0.29, 0.717) is 32.0 Å². The second kappa shape index (κ2) is 10.9. The van der Waals surface area contributed by atoms with E-state index in [1.165, 1.54) is 10.5 Å². The van der Waals surface area contributed by atoms with E-state index in [1.807, 2.05) is 38.1 Å². The molecule has 1 saturated heterocycles. The number of allylic oxidation sites excluding steroid dienone is 2. The first-order chi connectivity index (χ1) is 17.2. The summed E-state index contributed by atoms with van der Waals surface area (Å²) in [6.45, 7) is 5.43. The van der Waals surface area contributed by atoms with Gasteiger partial charge in [0.15, 0.2) is 5.82 Å². The predicted octanol–water partition coefficient (Wildman–Crippen LogP) is 2.94. The molecule has 4 rings (SSSR count). The van der Waals surface area contributed by atoms with E-state index >= 15 is 0 Å². The van der Waals surface area contributed by atoms with Crippen LogP contribution >= 0.6 is 0 Å². The van der Waals surface area contributed by atoms with Crippen LogP contribution in [0.3, 0.4) is 0 Å². The molecule has 1 aliphatic heterocycles. The van der Waals surface area contributed by atoms with Gasteiger partial charge in [-0.25, -0.2) is 13.4 Å². The number of H-pyrrole nitrogens is 1. The lowest BCUT2D eigenvalue weighted by molar-refractivity contribution is 0.0728. The van der Waals surface area contributed by atoms with Crippen LogP contribution < -0.4 is 10.6 Å². The van der Waals surface area contributed by atoms with E-state index < -0.39 is 21.5 Å². The fraction of sp³-hybridized carbons (Fsp3) is 0.480. The minimum atomic E-state index is -3.47. The Labute approximate surface area is 211 Å². The summed E-state index contributed by atoms with van der Waals surface area (Å²) >= 11 is 0. The van der Waals surface area contributed by atoms with Crippen molar-refractivity contribution in [2.75, 3.05) is 37.5 Å². The third-order valence-corrected chi connectivity index (χ3v) is 8.26. The van der Waals surface area contributed by atoms with Gasteiger partial charge in [0.1, 0.15) is 17.6 Å². The van der Waals surface area contributed by atoms with Gasteiger partial charge in [-0.3, -0.25) is 10.1 Å². The SMILES string of the molecule is CC(C)(NCS(=O)(=O)N1CCOCC1)c1ccc(NC(=O)c2ncc(C#N)[nH]2)c(C2=CCCCC2)c1. The molecule has 10 nitrogen and oxygen atoms in total. The van der Waals surface area contributed by atoms with Crippen LogP contribution in [-0.4, -0.2) is 60.8 Å². The maximum atomic E-state index is 12.8. The Morgan fingerprint density at radius 2 is 2.06 bits per heavy atom. The standard InChI is InChI=1S/C25H32N6O4S/c1-25(2,28-17-36(33,34)31-10-12-35-13-11-31)19-8-9-22(21(14-19)18-6-4-3-5-7-18)30-24(32)23-27-16-20(15-26)29-23/h6,8-9,14,16,28H,3-5,7,10-13,17H2,1-2H3,(H,27,29)(H,30,32). The number of ether oxygens (including phenoxy) is 1. The van der Waals surface area contributed by atoms with E-state index in [2.05, 4.69) is 26.7 Å². The predicted molar refractivity (Wildman–Crippen MR) is 136 cm³/mol. The molecule has 2 heterocycles. The van der Waals surface area contributed by atoms with Crippen LogP contribution in [0.15, 0.2) is 30.5 Å². The van der Waals surface area contributed by atoms with Crippen LogP contribution in [-0.2, 0) is 20.3 Å². The van der Waals surface area contributed by atoms with E-state index in [-0.39, 0.29) is 17.4 Å². The molecule has 1 aromatic heterocycles. The van der Waals surface area contributed by atoms with Crippen molar-refractivity contribution < 1.29 is 17.9 Å². The van der Waals surface area contributed by atoms with Crippen molar-refractivity contribution in [2.45, 2.75) is 45.1 Å². The van der Waals surface area contributed by atoms with Crippen molar-refractivity contribution in [2.24, 2.45) is 0 Å². The third kappa shape index (κ3) is 6.02. The van der Waals surface area contributed by atoms with Gasteiger partial charge >= 0.3 is 0 Å². The fourth-order valence-corrected chi connectivity index (χ4v) is 5.79. The zero-order chi connectivity index (χ0) is 25.8. The van der Waals surface area contributed by atoms with Gasteiger partial charge in [-0.15, -0.1) is 0 Å². The number of hydrogen-bond acceptors (Lipinski definition) is 7. The molecule has 2 aromatic rings. The van der Waals surface area contributed by atoms with Crippen LogP contribution in [0, 0.1) is 11.3 Å². The van der Waals surface area contributed by atoms with E-state index in [1.54, 1.807) is 0 Å². The Kier molecular flexibility index (Phi) is 7.90. The molecule has 2 aliphatic rings. The highest BCUT2D eigenvalue weighted by Crippen LogP contribution is 2.35. The molecule has 1 aromatic carbocycles. The minimum absolute atomic E-state index is 0.0644. The highest BCUT2D eigenvalue weighted by atomic mass is 32.2. The Morgan fingerprint density at radius 3 is 2.72 bits per heavy atom. The molecule has 36 heavy (non-hydrogen) atoms. The summed E-state index contributed by atoms with van der Waals surface area (Å²) in [7, 11) is -3.47. The molecular weight excluding hydrogens is 480 g/mol. The number of carbonyl (C=O) groups is 1. The van der Waals surface area contributed by atoms with Gasteiger partial charge in [0.25, 0.3) is 5.91 Å². The normalized spacial score (nSPS) is 17.3. The molecule has 0 saturated carbocycles. The molecule has 0 atom stereocenters. The van der Waals surface area contributed by atoms with Gasteiger partial charge in [-0.1, -0.05) is 12.1 Å². The van der Waals surface area contributed by atoms with Gasteiger partial charge in [-0.05, 0) is 62.8 Å². The molecule has 1 aliphatic carbocycles. The second-order valence-electron chi connectivity index (χ2n) is 9.52. The van der Waals surface area contributed by atoms with E-state index in [9.17, 15) is 13.2 Å². The first-order valence-corrected chi connectivity index (χ1v) is 13.7. The van der Waals surface area contributed by atoms with Crippen molar-refractivity contribution in [3.8, 4) is 6.07 Å². The van der Waals surface area contributed by atoms with Crippen LogP contribution in [0.5, 0.6) is 0 Å². The second-order valence-corrected chi connectivity index (χ2v) is 11.5. The summed E-state index contributed by atoms with van der Waals surface area (Å²) in [6.07, 6.45) is 7.57. The average molecular weight is 513 g/mol. The largest absolute Gasteiger partial charge is 0.379 e. The highest BCUT2D eigenvalue weighted by molar-refractivity contribution is 7.89. The number of imidazole rings is 1. The average Bonchev–Trinajstić information content (AvgIpc) is 3.39. The van der Waals surface area contributed by atoms with E-state index in [0.717, 1.165) is 42.4 Å². The van der Waals surface area contributed by atoms with Gasteiger partial charge in [0, 0.05) is 29.9 Å². The first kappa shape index (κ1) is 26.0. The summed E-state index contributed by atoms with van der Waals surface area (Å²) in [5, 5.41) is 15.1. The fourth-order valence-electron chi connectivity index (χ4n) is 4.36. The topological polar surface area (TPSA) is 140 Å². The Bertz CT molecular complexity index is 1290. The molecule has 11 heteroatoms. The van der Waals surface area contributed by atoms with E-state index in [4.69, 9.17) is 10.00 Å². The molecule has 192 valence electrons. The van der Waals surface area contributed by atoms with Crippen molar-refractivity contribution in [3.63, 3.8) is 0 Å². The van der Waals surface area contributed by atoms with Crippen molar-refractivity contribution in [1.82, 2.24) is 19.6 Å². The van der Waals surface area contributed by atoms with Crippen LogP contribution in [0.1, 0.15) is 67.0 Å². The van der Waals surface area contributed by atoms with Crippen LogP contribution in [0.2, 0.25) is 0 Å². The van der Waals surface area contributed by atoms with Crippen molar-refractivity contribution in [1.29, 1.82) is 5.26 Å². The number of amides is 1. The number of rotatable bonds is 8. The van der Waals surface area contributed by atoms with Gasteiger partial charge < -0.3 is 15.0 Å². The molecule has 1 fully saturated rings. The quantitative estimate of drug-likeness (QED) is 0.494. The Hall–Kier alpha value is -3.04. The number of aromatic nitrogens is 2. The molecule has 0 spiro atoms. The number of nitrogens with zero attached hydrogens (tertiary/aromatic N) is 3. The number of hydrogen-bond donors (Lipinski definition) is 3. The zero-order valence-electron chi connectivity index (χ0n) is 20.6. The minimum Gasteiger partial charge on any atom is -0.379 e. The van der Waals surface area contributed by atoms with Crippen molar-refractivity contribution in [3.05, 3.63) is 53.1 Å². The summed E-state index contributed by atoms with van der Waals surface area (Å²) in [6, 6.07) is 7.68. The summed E-state index contributed by atoms with van der Waals surface area (Å²) in [5.41, 5.74) is 3.16. The summed E-state index contributed by atoms with van der Waals surface area (Å²) in [5.74, 6) is -0.554. The number of nitrogens with one attached hydrogen (secondary N) is 3. The number of carbonyl (C=O) groups excluding carboxylic acids is 1.